The summed E-state index contributed by atoms with van der Waals surface area (Å²) in [6.07, 6.45) is 3.11. The largest absolute Gasteiger partial charge is 0.496 e. The Bertz CT molecular complexity index is 1640. The van der Waals surface area contributed by atoms with Crippen LogP contribution in [0, 0.1) is 0 Å². The molecule has 0 N–H and O–H groups in total. The van der Waals surface area contributed by atoms with Gasteiger partial charge in [0.15, 0.2) is 11.3 Å². The fourth-order valence-electron chi connectivity index (χ4n) is 4.71. The summed E-state index contributed by atoms with van der Waals surface area (Å²) in [7, 11) is 1.34. The molecule has 0 bridgehead atoms. The van der Waals surface area contributed by atoms with Crippen LogP contribution in [0.2, 0.25) is 0 Å². The number of methoxy groups -OCH3 is 1. The molecule has 0 atom stereocenters. The number of fused-ring (bicyclic) bond motifs is 1. The minimum absolute atomic E-state index is 0.130. The number of piperazine rings is 1. The zero-order valence-corrected chi connectivity index (χ0v) is 22.8. The van der Waals surface area contributed by atoms with Crippen molar-refractivity contribution >= 4 is 21.1 Å². The van der Waals surface area contributed by atoms with Crippen LogP contribution in [0.4, 0.5) is 0 Å². The van der Waals surface area contributed by atoms with Gasteiger partial charge < -0.3 is 9.64 Å². The Morgan fingerprint density at radius 3 is 2.45 bits per heavy atom. The van der Waals surface area contributed by atoms with Crippen LogP contribution >= 0.6 is 0 Å². The molecule has 0 spiro atoms. The predicted octanol–water partition coefficient (Wildman–Crippen LogP) is 2.08. The maximum absolute atomic E-state index is 13.5. The molecular formula is C26H31N7O4S. The van der Waals surface area contributed by atoms with E-state index >= 15 is 0 Å². The second kappa shape index (κ2) is 10.3. The second-order valence-electron chi connectivity index (χ2n) is 9.36. The summed E-state index contributed by atoms with van der Waals surface area (Å²) in [5, 5.41) is 4.58. The van der Waals surface area contributed by atoms with Crippen molar-refractivity contribution < 1.29 is 13.2 Å². The highest BCUT2D eigenvalue weighted by Crippen LogP contribution is 2.33. The molecule has 0 amide bonds. The quantitative estimate of drug-likeness (QED) is 0.352. The van der Waals surface area contributed by atoms with Crippen molar-refractivity contribution in [2.75, 3.05) is 40.3 Å². The van der Waals surface area contributed by atoms with Crippen molar-refractivity contribution in [3.63, 3.8) is 0 Å². The van der Waals surface area contributed by atoms with Crippen LogP contribution in [0.15, 0.2) is 52.3 Å². The molecule has 1 saturated heterocycles. The first-order valence-electron chi connectivity index (χ1n) is 12.5. The van der Waals surface area contributed by atoms with Gasteiger partial charge in [0.2, 0.25) is 10.0 Å². The van der Waals surface area contributed by atoms with Gasteiger partial charge in [0, 0.05) is 39.4 Å². The van der Waals surface area contributed by atoms with Crippen LogP contribution < -0.4 is 10.3 Å². The maximum atomic E-state index is 13.5. The summed E-state index contributed by atoms with van der Waals surface area (Å²) in [6.45, 7) is 4.19. The Morgan fingerprint density at radius 2 is 1.79 bits per heavy atom. The lowest BCUT2D eigenvalue weighted by molar-refractivity contribution is 0.222. The molecule has 1 fully saturated rings. The Labute approximate surface area is 221 Å². The molecule has 4 aromatic rings. The Hall–Kier alpha value is -3.61. The predicted molar refractivity (Wildman–Crippen MR) is 144 cm³/mol. The van der Waals surface area contributed by atoms with Gasteiger partial charge in [0.25, 0.3) is 5.56 Å². The summed E-state index contributed by atoms with van der Waals surface area (Å²) < 4.78 is 37.1. The molecule has 0 aliphatic carbocycles. The SMILES string of the molecule is CCCc1c2nc(-c3cc(S(=O)(=O)N4CCN(C)CC4)ccc3OC)n(C)c(=O)c2nn1-c1ccccn1. The van der Waals surface area contributed by atoms with E-state index in [-0.39, 0.29) is 16.0 Å². The van der Waals surface area contributed by atoms with Gasteiger partial charge in [-0.1, -0.05) is 19.4 Å². The van der Waals surface area contributed by atoms with Crippen LogP contribution in [0.5, 0.6) is 5.75 Å². The van der Waals surface area contributed by atoms with Crippen LogP contribution in [-0.4, -0.2) is 82.3 Å². The average molecular weight is 538 g/mol. The minimum atomic E-state index is -3.74. The minimum Gasteiger partial charge on any atom is -0.496 e. The Balaban J connectivity index is 1.70. The molecule has 1 aliphatic rings. The molecule has 5 rings (SSSR count). The molecule has 200 valence electrons. The number of aryl methyl sites for hydroxylation is 1. The third-order valence-corrected chi connectivity index (χ3v) is 8.76. The number of hydrogen-bond donors (Lipinski definition) is 0. The summed E-state index contributed by atoms with van der Waals surface area (Å²) in [6, 6.07) is 10.2. The lowest BCUT2D eigenvalue weighted by Crippen LogP contribution is -2.47. The van der Waals surface area contributed by atoms with E-state index < -0.39 is 10.0 Å². The van der Waals surface area contributed by atoms with Crippen LogP contribution in [0.3, 0.4) is 0 Å². The molecule has 3 aromatic heterocycles. The van der Waals surface area contributed by atoms with E-state index in [1.165, 1.54) is 22.0 Å². The monoisotopic (exact) mass is 537 g/mol. The number of rotatable bonds is 7. The number of likely N-dealkylation sites (N-methyl/N-ethyl adjacent to an activating group) is 1. The second-order valence-corrected chi connectivity index (χ2v) is 11.3. The molecule has 1 aromatic carbocycles. The standard InChI is InChI=1S/C26H31N7O4S/c1-5-8-20-23-24(29-33(20)22-9-6-7-12-27-22)26(34)31(3)25(28-23)19-17-18(10-11-21(19)37-4)38(35,36)32-15-13-30(2)14-16-32/h6-7,9-12,17H,5,8,13-16H2,1-4H3. The zero-order chi connectivity index (χ0) is 27.0. The molecule has 1 aliphatic heterocycles. The van der Waals surface area contributed by atoms with E-state index in [4.69, 9.17) is 9.72 Å². The number of aromatic nitrogens is 5. The van der Waals surface area contributed by atoms with Crippen molar-refractivity contribution in [3.8, 4) is 23.0 Å². The fourth-order valence-corrected chi connectivity index (χ4v) is 6.16. The molecule has 12 heteroatoms. The van der Waals surface area contributed by atoms with E-state index in [0.29, 0.717) is 61.1 Å². The maximum Gasteiger partial charge on any atom is 0.281 e. The lowest BCUT2D eigenvalue weighted by atomic mass is 10.1. The third kappa shape index (κ3) is 4.48. The first-order valence-corrected chi connectivity index (χ1v) is 14.0. The molecule has 0 radical (unpaired) electrons. The summed E-state index contributed by atoms with van der Waals surface area (Å²) in [5.74, 6) is 1.31. The molecule has 0 saturated carbocycles. The van der Waals surface area contributed by atoms with Gasteiger partial charge in [-0.05, 0) is 43.8 Å². The smallest absolute Gasteiger partial charge is 0.281 e. The van der Waals surface area contributed by atoms with Crippen molar-refractivity contribution in [3.05, 3.63) is 58.6 Å². The molecular weight excluding hydrogens is 506 g/mol. The van der Waals surface area contributed by atoms with Crippen LogP contribution in [0.25, 0.3) is 28.2 Å². The van der Waals surface area contributed by atoms with E-state index in [1.807, 2.05) is 32.2 Å². The first-order chi connectivity index (χ1) is 18.3. The van der Waals surface area contributed by atoms with Crippen molar-refractivity contribution in [1.82, 2.24) is 33.5 Å². The molecule has 11 nitrogen and oxygen atoms in total. The first kappa shape index (κ1) is 26.0. The number of hydrogen-bond acceptors (Lipinski definition) is 8. The zero-order valence-electron chi connectivity index (χ0n) is 22.0. The highest BCUT2D eigenvalue weighted by molar-refractivity contribution is 7.89. The number of pyridine rings is 1. The van der Waals surface area contributed by atoms with Crippen molar-refractivity contribution in [2.24, 2.45) is 7.05 Å². The van der Waals surface area contributed by atoms with Crippen LogP contribution in [-0.2, 0) is 23.5 Å². The normalized spacial score (nSPS) is 15.3. The van der Waals surface area contributed by atoms with Crippen molar-refractivity contribution in [2.45, 2.75) is 24.7 Å². The van der Waals surface area contributed by atoms with Gasteiger partial charge in [-0.15, -0.1) is 0 Å². The summed E-state index contributed by atoms with van der Waals surface area (Å²) in [5.41, 5.74) is 1.53. The van der Waals surface area contributed by atoms with Crippen LogP contribution in [0.1, 0.15) is 19.0 Å². The molecule has 0 unspecified atom stereocenters. The summed E-state index contributed by atoms with van der Waals surface area (Å²) >= 11 is 0. The van der Waals surface area contributed by atoms with Gasteiger partial charge in [0.1, 0.15) is 17.1 Å². The van der Waals surface area contributed by atoms with Gasteiger partial charge in [-0.25, -0.2) is 23.1 Å². The lowest BCUT2D eigenvalue weighted by Gasteiger charge is -2.31. The van der Waals surface area contributed by atoms with Gasteiger partial charge >= 0.3 is 0 Å². The number of ether oxygens (including phenoxy) is 1. The summed E-state index contributed by atoms with van der Waals surface area (Å²) in [4.78, 5) is 25.1. The van der Waals surface area contributed by atoms with E-state index in [2.05, 4.69) is 15.0 Å². The highest BCUT2D eigenvalue weighted by Gasteiger charge is 2.29. The molecule has 4 heterocycles. The Kier molecular flexibility index (Phi) is 7.03. The fraction of sp³-hybridized carbons (Fsp3) is 0.385. The van der Waals surface area contributed by atoms with Gasteiger partial charge in [-0.2, -0.15) is 9.40 Å². The average Bonchev–Trinajstić information content (AvgIpc) is 3.29. The Morgan fingerprint density at radius 1 is 1.03 bits per heavy atom. The van der Waals surface area contributed by atoms with Gasteiger partial charge in [-0.3, -0.25) is 9.36 Å². The van der Waals surface area contributed by atoms with Crippen molar-refractivity contribution in [1.29, 1.82) is 0 Å². The highest BCUT2D eigenvalue weighted by atomic mass is 32.2. The number of nitrogens with zero attached hydrogens (tertiary/aromatic N) is 7. The van der Waals surface area contributed by atoms with E-state index in [9.17, 15) is 13.2 Å². The van der Waals surface area contributed by atoms with E-state index in [0.717, 1.165) is 12.1 Å². The number of benzene rings is 1. The topological polar surface area (TPSA) is 115 Å². The number of sulfonamides is 1. The third-order valence-electron chi connectivity index (χ3n) is 6.86. The van der Waals surface area contributed by atoms with Gasteiger partial charge in [0.05, 0.1) is 23.3 Å². The van der Waals surface area contributed by atoms with E-state index in [1.54, 1.807) is 30.1 Å². The molecule has 38 heavy (non-hydrogen) atoms.